The van der Waals surface area contributed by atoms with Gasteiger partial charge in [-0.15, -0.1) is 0 Å². The van der Waals surface area contributed by atoms with Crippen molar-refractivity contribution < 1.29 is 19.1 Å². The van der Waals surface area contributed by atoms with Gasteiger partial charge in [-0.2, -0.15) is 0 Å². The number of carbonyl (C=O) groups excluding carboxylic acids is 2. The second-order valence-corrected chi connectivity index (χ2v) is 8.96. The molecule has 0 aromatic carbocycles. The molecule has 134 valence electrons. The van der Waals surface area contributed by atoms with Gasteiger partial charge in [0.25, 0.3) is 0 Å². The van der Waals surface area contributed by atoms with E-state index >= 15 is 0 Å². The Bertz CT molecular complexity index is 572. The molecule has 3 aliphatic heterocycles. The average Bonchev–Trinajstić information content (AvgIpc) is 3.15. The molecule has 2 amide bonds. The molecule has 2 saturated carbocycles. The number of fused-ring (bicyclic) bond motifs is 5. The fraction of sp³-hybridized carbons (Fsp3) is 0.889. The highest BCUT2D eigenvalue weighted by atomic mass is 16.6. The monoisotopic (exact) mass is 336 g/mol. The summed E-state index contributed by atoms with van der Waals surface area (Å²) in [6.45, 7) is 6.12. The quantitative estimate of drug-likeness (QED) is 0.837. The number of piperidine rings is 1. The number of methoxy groups -OCH3 is 1. The van der Waals surface area contributed by atoms with Crippen molar-refractivity contribution in [1.29, 1.82) is 0 Å². The van der Waals surface area contributed by atoms with Crippen LogP contribution in [0.15, 0.2) is 0 Å². The summed E-state index contributed by atoms with van der Waals surface area (Å²) in [5.74, 6) is 0.945. The van der Waals surface area contributed by atoms with Crippen molar-refractivity contribution in [2.75, 3.05) is 13.7 Å². The zero-order chi connectivity index (χ0) is 17.3. The first-order valence-electron chi connectivity index (χ1n) is 9.09. The molecule has 0 spiro atoms. The van der Waals surface area contributed by atoms with Gasteiger partial charge in [-0.25, -0.2) is 4.79 Å². The molecule has 5 rings (SSSR count). The molecule has 6 atom stereocenters. The van der Waals surface area contributed by atoms with Gasteiger partial charge >= 0.3 is 6.09 Å². The zero-order valence-corrected chi connectivity index (χ0v) is 15.0. The smallest absolute Gasteiger partial charge is 0.410 e. The number of ether oxygens (including phenoxy) is 2. The summed E-state index contributed by atoms with van der Waals surface area (Å²) in [6, 6.07) is 0.0799. The van der Waals surface area contributed by atoms with Crippen molar-refractivity contribution >= 4 is 12.0 Å². The Labute approximate surface area is 143 Å². The minimum absolute atomic E-state index is 0.0355. The zero-order valence-electron chi connectivity index (χ0n) is 15.0. The molecule has 3 saturated heterocycles. The van der Waals surface area contributed by atoms with E-state index in [0.717, 1.165) is 25.7 Å². The summed E-state index contributed by atoms with van der Waals surface area (Å²) in [7, 11) is 1.78. The van der Waals surface area contributed by atoms with E-state index < -0.39 is 5.60 Å². The van der Waals surface area contributed by atoms with Crippen LogP contribution in [0.2, 0.25) is 0 Å². The molecule has 6 heteroatoms. The first-order valence-corrected chi connectivity index (χ1v) is 9.09. The maximum atomic E-state index is 12.7. The lowest BCUT2D eigenvalue weighted by Gasteiger charge is -2.45. The summed E-state index contributed by atoms with van der Waals surface area (Å²) >= 11 is 0. The average molecular weight is 336 g/mol. The lowest BCUT2D eigenvalue weighted by atomic mass is 9.73. The van der Waals surface area contributed by atoms with Crippen LogP contribution >= 0.6 is 0 Å². The minimum atomic E-state index is -0.520. The Hall–Kier alpha value is -1.30. The molecular weight excluding hydrogens is 308 g/mol. The molecule has 5 unspecified atom stereocenters. The molecule has 2 bridgehead atoms. The van der Waals surface area contributed by atoms with Gasteiger partial charge in [0.15, 0.2) is 0 Å². The number of carbonyl (C=O) groups is 2. The number of amides is 2. The van der Waals surface area contributed by atoms with Crippen LogP contribution in [0.3, 0.4) is 0 Å². The Kier molecular flexibility index (Phi) is 3.44. The molecule has 3 heterocycles. The lowest BCUT2D eigenvalue weighted by Crippen LogP contribution is -2.58. The van der Waals surface area contributed by atoms with E-state index in [1.165, 1.54) is 0 Å². The first-order chi connectivity index (χ1) is 11.2. The first kappa shape index (κ1) is 16.2. The molecule has 0 aromatic rings. The number of nitrogens with one attached hydrogen (secondary N) is 1. The number of hydrogen-bond acceptors (Lipinski definition) is 4. The van der Waals surface area contributed by atoms with Crippen molar-refractivity contribution in [3.63, 3.8) is 0 Å². The van der Waals surface area contributed by atoms with Crippen LogP contribution in [0.5, 0.6) is 0 Å². The molecule has 0 radical (unpaired) electrons. The van der Waals surface area contributed by atoms with Gasteiger partial charge in [0, 0.05) is 13.7 Å². The number of nitrogens with zero attached hydrogens (tertiary/aromatic N) is 1. The van der Waals surface area contributed by atoms with Crippen LogP contribution in [0, 0.1) is 17.8 Å². The lowest BCUT2D eigenvalue weighted by molar-refractivity contribution is -0.125. The van der Waals surface area contributed by atoms with Crippen molar-refractivity contribution in [2.24, 2.45) is 17.8 Å². The molecule has 2 aliphatic carbocycles. The molecule has 24 heavy (non-hydrogen) atoms. The Morgan fingerprint density at radius 1 is 1.29 bits per heavy atom. The highest BCUT2D eigenvalue weighted by Gasteiger charge is 2.70. The Balaban J connectivity index is 1.54. The Morgan fingerprint density at radius 2 is 2.04 bits per heavy atom. The van der Waals surface area contributed by atoms with Gasteiger partial charge in [-0.1, -0.05) is 0 Å². The maximum Gasteiger partial charge on any atom is 0.410 e. The fourth-order valence-corrected chi connectivity index (χ4v) is 5.05. The molecule has 6 nitrogen and oxygen atoms in total. The van der Waals surface area contributed by atoms with Crippen molar-refractivity contribution in [3.05, 3.63) is 0 Å². The SMILES string of the molecule is COC12CC([C@@H]3NC(=O)C4CCC3N(C(=O)OC(C)(C)C)C4)C1C2. The van der Waals surface area contributed by atoms with Gasteiger partial charge in [0.05, 0.1) is 23.6 Å². The van der Waals surface area contributed by atoms with Gasteiger partial charge in [0.2, 0.25) is 5.91 Å². The highest BCUT2D eigenvalue weighted by Crippen LogP contribution is 2.67. The summed E-state index contributed by atoms with van der Waals surface area (Å²) in [5.41, 5.74) is -0.454. The van der Waals surface area contributed by atoms with Crippen molar-refractivity contribution in [1.82, 2.24) is 10.2 Å². The van der Waals surface area contributed by atoms with Crippen molar-refractivity contribution in [3.8, 4) is 0 Å². The van der Waals surface area contributed by atoms with Crippen LogP contribution in [-0.2, 0) is 14.3 Å². The van der Waals surface area contributed by atoms with E-state index in [1.54, 1.807) is 7.11 Å². The molecule has 5 aliphatic rings. The van der Waals surface area contributed by atoms with Crippen LogP contribution < -0.4 is 5.32 Å². The van der Waals surface area contributed by atoms with Crippen LogP contribution in [0.4, 0.5) is 4.79 Å². The molecule has 1 N–H and O–H groups in total. The van der Waals surface area contributed by atoms with E-state index in [2.05, 4.69) is 5.32 Å². The third-order valence-corrected chi connectivity index (χ3v) is 6.40. The van der Waals surface area contributed by atoms with E-state index in [-0.39, 0.29) is 35.6 Å². The predicted octanol–water partition coefficient (Wildman–Crippen LogP) is 1.93. The minimum Gasteiger partial charge on any atom is -0.444 e. The normalized spacial score (nSPS) is 43.4. The van der Waals surface area contributed by atoms with Crippen LogP contribution in [0.25, 0.3) is 0 Å². The van der Waals surface area contributed by atoms with Gasteiger partial charge in [-0.05, 0) is 58.3 Å². The fourth-order valence-electron chi connectivity index (χ4n) is 5.05. The van der Waals surface area contributed by atoms with E-state index in [9.17, 15) is 9.59 Å². The van der Waals surface area contributed by atoms with Crippen LogP contribution in [0.1, 0.15) is 46.5 Å². The predicted molar refractivity (Wildman–Crippen MR) is 87.3 cm³/mol. The second kappa shape index (κ2) is 5.10. The molecular formula is C18H28N2O4. The van der Waals surface area contributed by atoms with E-state index in [1.807, 2.05) is 25.7 Å². The van der Waals surface area contributed by atoms with Gasteiger partial charge in [-0.3, -0.25) is 4.79 Å². The van der Waals surface area contributed by atoms with E-state index in [0.29, 0.717) is 18.4 Å². The van der Waals surface area contributed by atoms with Gasteiger partial charge in [0.1, 0.15) is 5.60 Å². The van der Waals surface area contributed by atoms with Crippen molar-refractivity contribution in [2.45, 2.75) is 69.7 Å². The second-order valence-electron chi connectivity index (χ2n) is 8.96. The maximum absolute atomic E-state index is 12.7. The summed E-state index contributed by atoms with van der Waals surface area (Å²) in [6.07, 6.45) is 3.52. The third kappa shape index (κ3) is 2.41. The summed E-state index contributed by atoms with van der Waals surface area (Å²) in [5, 5.41) is 3.24. The van der Waals surface area contributed by atoms with Gasteiger partial charge < -0.3 is 19.7 Å². The molecule has 0 aromatic heterocycles. The highest BCUT2D eigenvalue weighted by molar-refractivity contribution is 5.82. The largest absolute Gasteiger partial charge is 0.444 e. The van der Waals surface area contributed by atoms with E-state index in [4.69, 9.17) is 9.47 Å². The Morgan fingerprint density at radius 3 is 2.62 bits per heavy atom. The third-order valence-electron chi connectivity index (χ3n) is 6.40. The standard InChI is InChI=1S/C18H28N2O4/c1-17(2,3)24-16(22)20-9-10-5-6-13(20)14(19-15(10)21)11-7-18(23-4)8-12(11)18/h10-14H,5-9H2,1-4H3,(H,19,21)/t10?,11?,12?,13?,14-,18?/m0/s1. The van der Waals surface area contributed by atoms with Crippen LogP contribution in [-0.4, -0.2) is 53.8 Å². The number of hydrogen-bond donors (Lipinski definition) is 1. The molecule has 5 fully saturated rings. The summed E-state index contributed by atoms with van der Waals surface area (Å²) < 4.78 is 11.2. The topological polar surface area (TPSA) is 67.9 Å². The summed E-state index contributed by atoms with van der Waals surface area (Å²) in [4.78, 5) is 27.0. The number of rotatable bonds is 2.